The first kappa shape index (κ1) is 14.8. The molecule has 0 saturated heterocycles. The molecule has 2 nitrogen and oxygen atoms in total. The number of para-hydroxylation sites is 1. The highest BCUT2D eigenvalue weighted by Crippen LogP contribution is 2.31. The van der Waals surface area contributed by atoms with Crippen LogP contribution in [0.2, 0.25) is 0 Å². The van der Waals surface area contributed by atoms with Crippen molar-refractivity contribution in [2.24, 2.45) is 0 Å². The van der Waals surface area contributed by atoms with Crippen LogP contribution in [0.5, 0.6) is 0 Å². The molecule has 0 aliphatic heterocycles. The molecule has 2 aromatic heterocycles. The number of nitrogens with one attached hydrogen (secondary N) is 1. The van der Waals surface area contributed by atoms with Gasteiger partial charge in [0.2, 0.25) is 0 Å². The summed E-state index contributed by atoms with van der Waals surface area (Å²) in [5.74, 6) is 1.01. The Bertz CT molecular complexity index is 705. The van der Waals surface area contributed by atoms with E-state index in [0.29, 0.717) is 0 Å². The van der Waals surface area contributed by atoms with E-state index in [9.17, 15) is 0 Å². The summed E-state index contributed by atoms with van der Waals surface area (Å²) in [5.41, 5.74) is 2.29. The normalized spacial score (nSPS) is 12.9. The second kappa shape index (κ2) is 6.77. The molecule has 4 heteroatoms. The maximum absolute atomic E-state index is 6.10. The van der Waals surface area contributed by atoms with E-state index in [2.05, 4.69) is 57.1 Å². The van der Waals surface area contributed by atoms with E-state index in [-0.39, 0.29) is 6.04 Å². The number of hydrogen-bond acceptors (Lipinski definition) is 3. The minimum Gasteiger partial charge on any atom is -0.458 e. The van der Waals surface area contributed by atoms with Crippen LogP contribution in [-0.2, 0) is 6.42 Å². The number of rotatable bonds is 6. The van der Waals surface area contributed by atoms with Gasteiger partial charge >= 0.3 is 0 Å². The largest absolute Gasteiger partial charge is 0.458 e. The van der Waals surface area contributed by atoms with Gasteiger partial charge in [-0.25, -0.2) is 0 Å². The number of benzene rings is 1. The molecule has 1 aromatic carbocycles. The molecule has 1 N–H and O–H groups in total. The molecule has 0 fully saturated rings. The van der Waals surface area contributed by atoms with Gasteiger partial charge in [0.25, 0.3) is 0 Å². The first-order valence-corrected chi connectivity index (χ1v) is 8.94. The minimum absolute atomic E-state index is 0.221. The summed E-state index contributed by atoms with van der Waals surface area (Å²) < 4.78 is 7.11. The van der Waals surface area contributed by atoms with Gasteiger partial charge in [0, 0.05) is 5.39 Å². The summed E-state index contributed by atoms with van der Waals surface area (Å²) in [6.45, 7) is 3.18. The molecule has 3 aromatic rings. The van der Waals surface area contributed by atoms with Crippen molar-refractivity contribution in [1.29, 1.82) is 0 Å². The topological polar surface area (TPSA) is 25.2 Å². The predicted octanol–water partition coefficient (Wildman–Crippen LogP) is 5.54. The maximum Gasteiger partial charge on any atom is 0.148 e. The zero-order chi connectivity index (χ0) is 14.7. The zero-order valence-corrected chi connectivity index (χ0v) is 14.3. The highest BCUT2D eigenvalue weighted by Gasteiger charge is 2.17. The van der Waals surface area contributed by atoms with Crippen LogP contribution >= 0.6 is 27.3 Å². The Morgan fingerprint density at radius 3 is 2.95 bits per heavy atom. The van der Waals surface area contributed by atoms with Gasteiger partial charge in [0.1, 0.15) is 11.3 Å². The molecule has 1 atom stereocenters. The molecule has 1 unspecified atom stereocenters. The van der Waals surface area contributed by atoms with Crippen molar-refractivity contribution in [1.82, 2.24) is 5.32 Å². The average molecular weight is 364 g/mol. The molecule has 0 spiro atoms. The molecule has 0 bridgehead atoms. The van der Waals surface area contributed by atoms with Gasteiger partial charge in [-0.1, -0.05) is 19.1 Å². The van der Waals surface area contributed by atoms with E-state index < -0.39 is 0 Å². The molecule has 0 amide bonds. The molecular formula is C17H18BrNOS. The summed E-state index contributed by atoms with van der Waals surface area (Å²) in [6, 6.07) is 10.7. The molecule has 21 heavy (non-hydrogen) atoms. The van der Waals surface area contributed by atoms with E-state index in [0.717, 1.165) is 40.6 Å². The molecular weight excluding hydrogens is 346 g/mol. The number of halogens is 1. The fourth-order valence-electron chi connectivity index (χ4n) is 2.46. The molecule has 110 valence electrons. The maximum atomic E-state index is 6.10. The van der Waals surface area contributed by atoms with Gasteiger partial charge in [-0.15, -0.1) is 0 Å². The first-order valence-electron chi connectivity index (χ1n) is 7.20. The van der Waals surface area contributed by atoms with Crippen molar-refractivity contribution in [3.8, 4) is 0 Å². The highest BCUT2D eigenvalue weighted by atomic mass is 79.9. The van der Waals surface area contributed by atoms with E-state index in [1.165, 1.54) is 5.56 Å². The SMILES string of the molecule is CCCNC(Cc1ccsc1)c1cc2cccc(Br)c2o1. The van der Waals surface area contributed by atoms with Gasteiger partial charge in [-0.3, -0.25) is 0 Å². The Morgan fingerprint density at radius 1 is 1.33 bits per heavy atom. The molecule has 3 rings (SSSR count). The van der Waals surface area contributed by atoms with Crippen molar-refractivity contribution in [3.05, 3.63) is 56.9 Å². The monoisotopic (exact) mass is 363 g/mol. The molecule has 0 radical (unpaired) electrons. The summed E-state index contributed by atoms with van der Waals surface area (Å²) in [6.07, 6.45) is 2.07. The van der Waals surface area contributed by atoms with Crippen molar-refractivity contribution < 1.29 is 4.42 Å². The molecule has 0 aliphatic carbocycles. The van der Waals surface area contributed by atoms with Crippen LogP contribution < -0.4 is 5.32 Å². The number of thiophene rings is 1. The molecule has 0 saturated carbocycles. The quantitative estimate of drug-likeness (QED) is 0.621. The summed E-state index contributed by atoms with van der Waals surface area (Å²) in [7, 11) is 0. The Kier molecular flexibility index (Phi) is 4.78. The number of fused-ring (bicyclic) bond motifs is 1. The van der Waals surface area contributed by atoms with Crippen molar-refractivity contribution in [2.45, 2.75) is 25.8 Å². The second-order valence-corrected chi connectivity index (χ2v) is 6.78. The smallest absolute Gasteiger partial charge is 0.148 e. The molecule has 2 heterocycles. The highest BCUT2D eigenvalue weighted by molar-refractivity contribution is 9.10. The van der Waals surface area contributed by atoms with Crippen LogP contribution in [0.3, 0.4) is 0 Å². The summed E-state index contributed by atoms with van der Waals surface area (Å²) in [4.78, 5) is 0. The standard InChI is InChI=1S/C17H18BrNOS/c1-2-7-19-15(9-12-6-8-21-11-12)16-10-13-4-3-5-14(18)17(13)20-16/h3-6,8,10-11,15,19H,2,7,9H2,1H3. The lowest BCUT2D eigenvalue weighted by Crippen LogP contribution is -2.23. The van der Waals surface area contributed by atoms with Crippen LogP contribution in [0.4, 0.5) is 0 Å². The lowest BCUT2D eigenvalue weighted by molar-refractivity contribution is 0.427. The zero-order valence-electron chi connectivity index (χ0n) is 11.9. The van der Waals surface area contributed by atoms with Gasteiger partial charge in [0.15, 0.2) is 0 Å². The van der Waals surface area contributed by atoms with Crippen LogP contribution in [0.25, 0.3) is 11.0 Å². The van der Waals surface area contributed by atoms with Gasteiger partial charge in [-0.05, 0) is 69.8 Å². The van der Waals surface area contributed by atoms with Crippen molar-refractivity contribution in [3.63, 3.8) is 0 Å². The van der Waals surface area contributed by atoms with Crippen LogP contribution in [0.15, 0.2) is 50.0 Å². The fraction of sp³-hybridized carbons (Fsp3) is 0.294. The van der Waals surface area contributed by atoms with Gasteiger partial charge < -0.3 is 9.73 Å². The van der Waals surface area contributed by atoms with Crippen molar-refractivity contribution in [2.75, 3.05) is 6.54 Å². The Labute approximate surface area is 137 Å². The third-order valence-electron chi connectivity index (χ3n) is 3.52. The van der Waals surface area contributed by atoms with Crippen LogP contribution in [-0.4, -0.2) is 6.54 Å². The summed E-state index contributed by atoms with van der Waals surface area (Å²) >= 11 is 5.30. The van der Waals surface area contributed by atoms with Crippen LogP contribution in [0.1, 0.15) is 30.7 Å². The van der Waals surface area contributed by atoms with Gasteiger partial charge in [-0.2, -0.15) is 11.3 Å². The second-order valence-electron chi connectivity index (χ2n) is 5.15. The lowest BCUT2D eigenvalue weighted by Gasteiger charge is -2.15. The minimum atomic E-state index is 0.221. The lowest BCUT2D eigenvalue weighted by atomic mass is 10.1. The number of hydrogen-bond donors (Lipinski definition) is 1. The third kappa shape index (κ3) is 3.39. The van der Waals surface area contributed by atoms with Crippen LogP contribution in [0, 0.1) is 0 Å². The van der Waals surface area contributed by atoms with Gasteiger partial charge in [0.05, 0.1) is 10.5 Å². The fourth-order valence-corrected chi connectivity index (χ4v) is 3.60. The van der Waals surface area contributed by atoms with E-state index in [1.54, 1.807) is 11.3 Å². The van der Waals surface area contributed by atoms with E-state index >= 15 is 0 Å². The number of furan rings is 1. The van der Waals surface area contributed by atoms with E-state index in [4.69, 9.17) is 4.42 Å². The third-order valence-corrected chi connectivity index (χ3v) is 4.88. The summed E-state index contributed by atoms with van der Waals surface area (Å²) in [5, 5.41) is 9.08. The Balaban J connectivity index is 1.91. The van der Waals surface area contributed by atoms with Crippen molar-refractivity contribution >= 4 is 38.2 Å². The Hall–Kier alpha value is -1.10. The average Bonchev–Trinajstić information content (AvgIpc) is 3.13. The van der Waals surface area contributed by atoms with E-state index in [1.807, 2.05) is 12.1 Å². The first-order chi connectivity index (χ1) is 10.3. The Morgan fingerprint density at radius 2 is 2.24 bits per heavy atom. The predicted molar refractivity (Wildman–Crippen MR) is 93.0 cm³/mol. The molecule has 0 aliphatic rings.